The molecule has 0 atom stereocenters. The van der Waals surface area contributed by atoms with E-state index in [0.717, 1.165) is 100 Å². The minimum absolute atomic E-state index is 0.239. The molecule has 4 nitrogen and oxygen atoms in total. The highest BCUT2D eigenvalue weighted by atomic mass is 19.1. The first-order valence-electron chi connectivity index (χ1n) is 26.4. The van der Waals surface area contributed by atoms with Crippen molar-refractivity contribution in [2.24, 2.45) is 0 Å². The van der Waals surface area contributed by atoms with Crippen molar-refractivity contribution >= 4 is 78.0 Å². The monoisotopic (exact) mass is 992 g/mol. The van der Waals surface area contributed by atoms with Crippen LogP contribution in [0.15, 0.2) is 215 Å². The molecule has 2 heterocycles. The zero-order valence-corrected chi connectivity index (χ0v) is 43.3. The molecular formula is C70H54F2N2O2. The predicted octanol–water partition coefficient (Wildman–Crippen LogP) is 20.0. The number of para-hydroxylation sites is 4. The van der Waals surface area contributed by atoms with E-state index in [2.05, 4.69) is 209 Å². The van der Waals surface area contributed by atoms with E-state index in [1.165, 1.54) is 34.4 Å². The summed E-state index contributed by atoms with van der Waals surface area (Å²) in [5.41, 5.74) is 18.3. The van der Waals surface area contributed by atoms with E-state index >= 15 is 8.78 Å². The Hall–Kier alpha value is -8.74. The number of benzene rings is 10. The third-order valence-electron chi connectivity index (χ3n) is 16.6. The molecule has 10 aromatic carbocycles. The van der Waals surface area contributed by atoms with Crippen LogP contribution in [0.3, 0.4) is 0 Å². The fourth-order valence-electron chi connectivity index (χ4n) is 13.2. The van der Waals surface area contributed by atoms with Crippen molar-refractivity contribution in [2.45, 2.75) is 64.2 Å². The van der Waals surface area contributed by atoms with E-state index in [4.69, 9.17) is 8.83 Å². The van der Waals surface area contributed by atoms with E-state index in [1.54, 1.807) is 24.3 Å². The molecule has 0 unspecified atom stereocenters. The highest BCUT2D eigenvalue weighted by Crippen LogP contribution is 2.63. The van der Waals surface area contributed by atoms with Gasteiger partial charge in [-0.05, 0) is 140 Å². The number of nitrogens with zero attached hydrogens (tertiary/aromatic N) is 2. The van der Waals surface area contributed by atoms with E-state index in [-0.39, 0.29) is 28.9 Å². The van der Waals surface area contributed by atoms with Gasteiger partial charge in [-0.2, -0.15) is 0 Å². The van der Waals surface area contributed by atoms with Crippen LogP contribution in [-0.2, 0) is 10.8 Å². The minimum atomic E-state index is -0.726. The van der Waals surface area contributed by atoms with Gasteiger partial charge in [0, 0.05) is 49.7 Å². The van der Waals surface area contributed by atoms with Gasteiger partial charge < -0.3 is 18.6 Å². The molecule has 2 aliphatic rings. The summed E-state index contributed by atoms with van der Waals surface area (Å²) in [7, 11) is 0. The molecule has 370 valence electrons. The first kappa shape index (κ1) is 45.8. The van der Waals surface area contributed by atoms with E-state index in [1.807, 2.05) is 12.1 Å². The largest absolute Gasteiger partial charge is 0.454 e. The summed E-state index contributed by atoms with van der Waals surface area (Å²) >= 11 is 0. The van der Waals surface area contributed by atoms with Gasteiger partial charge in [0.25, 0.3) is 0 Å². The molecule has 0 saturated carbocycles. The van der Waals surface area contributed by atoms with Gasteiger partial charge in [-0.1, -0.05) is 175 Å². The smallest absolute Gasteiger partial charge is 0.159 e. The molecule has 1 spiro atoms. The van der Waals surface area contributed by atoms with E-state index in [9.17, 15) is 0 Å². The topological polar surface area (TPSA) is 32.8 Å². The zero-order chi connectivity index (χ0) is 51.8. The van der Waals surface area contributed by atoms with E-state index in [0.29, 0.717) is 11.4 Å². The van der Waals surface area contributed by atoms with E-state index < -0.39 is 5.41 Å². The van der Waals surface area contributed by atoms with Crippen LogP contribution in [0.2, 0.25) is 0 Å². The van der Waals surface area contributed by atoms with Crippen molar-refractivity contribution in [2.75, 3.05) is 9.80 Å². The number of rotatable bonds is 8. The maximum absolute atomic E-state index is 15.7. The summed E-state index contributed by atoms with van der Waals surface area (Å²) in [5, 5.41) is 4.06. The Labute approximate surface area is 441 Å². The lowest BCUT2D eigenvalue weighted by Gasteiger charge is -2.46. The molecule has 0 saturated heterocycles. The molecule has 0 N–H and O–H groups in total. The summed E-state index contributed by atoms with van der Waals surface area (Å²) in [5.74, 6) is -0.204. The summed E-state index contributed by atoms with van der Waals surface area (Å²) in [6.45, 7) is 13.4. The average molecular weight is 993 g/mol. The lowest BCUT2D eigenvalue weighted by Crippen LogP contribution is -2.40. The first-order chi connectivity index (χ1) is 36.9. The van der Waals surface area contributed by atoms with Crippen LogP contribution in [-0.4, -0.2) is 0 Å². The third-order valence-corrected chi connectivity index (χ3v) is 16.6. The fraction of sp³-hybridized carbons (Fsp3) is 0.143. The highest BCUT2D eigenvalue weighted by Gasteiger charge is 2.53. The Morgan fingerprint density at radius 2 is 0.724 bits per heavy atom. The molecule has 2 aromatic heterocycles. The Morgan fingerprint density at radius 1 is 0.355 bits per heavy atom. The standard InChI is InChI=1S/C70H54F2N2O2/c1-41(2)49-21-13-23-51-53-25-15-31-63(67(53)75-65(49)51)73(45-19-11-17-43(71)37-45)47-33-35-57-55(39-47)56-40-48(34-36-58(56)70(57)61-29-9-7-27-59(61)69(5,6)60-28-8-10-30-62(60)70)74(46-20-12-18-44(72)38-46)64-32-16-26-54-52-24-14-22-50(42(3)4)66(52)76-68(54)64/h7-42H,1-6H3. The Balaban J connectivity index is 1.07. The van der Waals surface area contributed by atoms with Gasteiger partial charge in [0.1, 0.15) is 22.8 Å². The SMILES string of the molecule is CC(C)c1cccc2c1oc1c(N(c3cccc(F)c3)c3ccc4c(c3)-c3cc(N(c5cccc(F)c5)c5cccc6c5oc5c(C(C)C)cccc56)ccc3C43c4ccccc4C(C)(C)c4ccccc43)cccc12. The van der Waals surface area contributed by atoms with Gasteiger partial charge in [-0.15, -0.1) is 0 Å². The van der Waals surface area contributed by atoms with Crippen LogP contribution in [0.1, 0.15) is 97.9 Å². The van der Waals surface area contributed by atoms with Crippen molar-refractivity contribution in [3.05, 3.63) is 262 Å². The highest BCUT2D eigenvalue weighted by molar-refractivity contribution is 6.13. The molecule has 0 radical (unpaired) electrons. The number of halogens is 2. The quantitative estimate of drug-likeness (QED) is 0.152. The van der Waals surface area contributed by atoms with Crippen LogP contribution < -0.4 is 9.80 Å². The van der Waals surface area contributed by atoms with Gasteiger partial charge in [-0.3, -0.25) is 0 Å². The molecule has 12 aromatic rings. The van der Waals surface area contributed by atoms with Crippen LogP contribution in [0.4, 0.5) is 42.9 Å². The fourth-order valence-corrected chi connectivity index (χ4v) is 13.2. The van der Waals surface area contributed by atoms with Crippen LogP contribution in [0.25, 0.3) is 55.0 Å². The number of hydrogen-bond acceptors (Lipinski definition) is 4. The van der Waals surface area contributed by atoms with Crippen molar-refractivity contribution in [1.29, 1.82) is 0 Å². The molecule has 6 heteroatoms. The second kappa shape index (κ2) is 16.9. The second-order valence-electron chi connectivity index (χ2n) is 21.8. The van der Waals surface area contributed by atoms with Gasteiger partial charge in [-0.25, -0.2) is 8.78 Å². The number of anilines is 6. The maximum Gasteiger partial charge on any atom is 0.159 e. The Kier molecular flexibility index (Phi) is 10.2. The molecule has 14 rings (SSSR count). The summed E-state index contributed by atoms with van der Waals surface area (Å²) in [4.78, 5) is 4.27. The Morgan fingerprint density at radius 3 is 1.13 bits per heavy atom. The van der Waals surface area contributed by atoms with Gasteiger partial charge in [0.15, 0.2) is 11.2 Å². The van der Waals surface area contributed by atoms with Gasteiger partial charge in [0.05, 0.1) is 16.8 Å². The van der Waals surface area contributed by atoms with Crippen LogP contribution in [0.5, 0.6) is 0 Å². The molecule has 2 aliphatic carbocycles. The lowest BCUT2D eigenvalue weighted by atomic mass is 9.55. The van der Waals surface area contributed by atoms with Gasteiger partial charge in [0.2, 0.25) is 0 Å². The van der Waals surface area contributed by atoms with Gasteiger partial charge >= 0.3 is 0 Å². The van der Waals surface area contributed by atoms with Crippen molar-refractivity contribution in [3.63, 3.8) is 0 Å². The van der Waals surface area contributed by atoms with Crippen molar-refractivity contribution < 1.29 is 17.6 Å². The summed E-state index contributed by atoms with van der Waals surface area (Å²) in [6.07, 6.45) is 0. The normalized spacial score (nSPS) is 14.0. The lowest BCUT2D eigenvalue weighted by molar-refractivity contribution is 0.563. The molecular weight excluding hydrogens is 939 g/mol. The predicted molar refractivity (Wildman–Crippen MR) is 308 cm³/mol. The minimum Gasteiger partial charge on any atom is -0.454 e. The second-order valence-corrected chi connectivity index (χ2v) is 21.8. The average Bonchev–Trinajstić information content (AvgIpc) is 4.19. The van der Waals surface area contributed by atoms with Crippen LogP contribution in [0, 0.1) is 11.6 Å². The van der Waals surface area contributed by atoms with Crippen LogP contribution >= 0.6 is 0 Å². The third kappa shape index (κ3) is 6.52. The van der Waals surface area contributed by atoms with Crippen molar-refractivity contribution in [1.82, 2.24) is 0 Å². The molecule has 0 bridgehead atoms. The molecule has 76 heavy (non-hydrogen) atoms. The maximum atomic E-state index is 15.7. The molecule has 0 aliphatic heterocycles. The Bertz CT molecular complexity index is 4070. The van der Waals surface area contributed by atoms with Crippen molar-refractivity contribution in [3.8, 4) is 11.1 Å². The summed E-state index contributed by atoms with van der Waals surface area (Å²) in [6, 6.07) is 70.2. The number of fused-ring (bicyclic) bond motifs is 15. The molecule has 0 amide bonds. The number of hydrogen-bond donors (Lipinski definition) is 0. The molecule has 0 fully saturated rings. The number of furan rings is 2. The first-order valence-corrected chi connectivity index (χ1v) is 26.4. The zero-order valence-electron chi connectivity index (χ0n) is 43.3. The summed E-state index contributed by atoms with van der Waals surface area (Å²) < 4.78 is 45.5.